The molecule has 0 N–H and O–H groups in total. The maximum atomic E-state index is 5.41. The smallest absolute Gasteiger partial charge is 0.160 e. The van der Waals surface area contributed by atoms with Gasteiger partial charge in [-0.2, -0.15) is 5.10 Å². The van der Waals surface area contributed by atoms with Crippen LogP contribution in [0.15, 0.2) is 224 Å². The van der Waals surface area contributed by atoms with Crippen molar-refractivity contribution in [3.8, 4) is 73.2 Å². The molecular formula is C57H37N5. The number of rotatable bonds is 7. The zero-order valence-electron chi connectivity index (χ0n) is 33.6. The first-order chi connectivity index (χ1) is 30.7. The predicted molar refractivity (Wildman–Crippen MR) is 255 cm³/mol. The molecule has 0 saturated carbocycles. The molecule has 0 aliphatic heterocycles. The summed E-state index contributed by atoms with van der Waals surface area (Å²) in [6.45, 7) is 0. The molecule has 5 nitrogen and oxygen atoms in total. The number of aromatic nitrogens is 5. The van der Waals surface area contributed by atoms with E-state index in [-0.39, 0.29) is 0 Å². The van der Waals surface area contributed by atoms with Gasteiger partial charge in [-0.05, 0) is 53.4 Å². The molecule has 290 valence electrons. The summed E-state index contributed by atoms with van der Waals surface area (Å²) >= 11 is 0. The highest BCUT2D eigenvalue weighted by atomic mass is 15.2. The van der Waals surface area contributed by atoms with Gasteiger partial charge in [-0.1, -0.05) is 182 Å². The third kappa shape index (κ3) is 5.98. The lowest BCUT2D eigenvalue weighted by atomic mass is 9.95. The molecule has 62 heavy (non-hydrogen) atoms. The van der Waals surface area contributed by atoms with Crippen LogP contribution in [0.4, 0.5) is 0 Å². The van der Waals surface area contributed by atoms with Gasteiger partial charge < -0.3 is 4.57 Å². The highest BCUT2D eigenvalue weighted by Crippen LogP contribution is 2.42. The van der Waals surface area contributed by atoms with Crippen LogP contribution in [-0.2, 0) is 0 Å². The fourth-order valence-electron chi connectivity index (χ4n) is 9.03. The maximum absolute atomic E-state index is 5.41. The Morgan fingerprint density at radius 2 is 0.903 bits per heavy atom. The fourth-order valence-corrected chi connectivity index (χ4v) is 9.03. The Bertz CT molecular complexity index is 3590. The lowest BCUT2D eigenvalue weighted by Gasteiger charge is -2.12. The van der Waals surface area contributed by atoms with Crippen LogP contribution in [0.25, 0.3) is 111 Å². The predicted octanol–water partition coefficient (Wildman–Crippen LogP) is 14.4. The van der Waals surface area contributed by atoms with E-state index in [1.807, 2.05) is 18.2 Å². The van der Waals surface area contributed by atoms with Gasteiger partial charge in [0.2, 0.25) is 0 Å². The molecule has 0 bridgehead atoms. The largest absolute Gasteiger partial charge is 0.309 e. The van der Waals surface area contributed by atoms with Crippen LogP contribution in [0, 0.1) is 0 Å². The Labute approximate surface area is 358 Å². The highest BCUT2D eigenvalue weighted by Gasteiger charge is 2.22. The van der Waals surface area contributed by atoms with Crippen molar-refractivity contribution in [2.75, 3.05) is 0 Å². The molecule has 0 radical (unpaired) electrons. The van der Waals surface area contributed by atoms with Crippen LogP contribution >= 0.6 is 0 Å². The number of para-hydroxylation sites is 2. The molecule has 4 aromatic heterocycles. The molecule has 0 aliphatic carbocycles. The number of hydrogen-bond acceptors (Lipinski definition) is 3. The van der Waals surface area contributed by atoms with E-state index in [4.69, 9.17) is 15.1 Å². The molecule has 5 heteroatoms. The molecule has 0 unspecified atom stereocenters. The average Bonchev–Trinajstić information content (AvgIpc) is 3.92. The number of hydrogen-bond donors (Lipinski definition) is 0. The van der Waals surface area contributed by atoms with Crippen LogP contribution in [0.2, 0.25) is 0 Å². The van der Waals surface area contributed by atoms with Gasteiger partial charge in [-0.3, -0.25) is 0 Å². The summed E-state index contributed by atoms with van der Waals surface area (Å²) in [5, 5.41) is 10.1. The molecule has 12 aromatic rings. The van der Waals surface area contributed by atoms with Crippen LogP contribution in [0.5, 0.6) is 0 Å². The van der Waals surface area contributed by atoms with Gasteiger partial charge in [0.25, 0.3) is 0 Å². The van der Waals surface area contributed by atoms with Crippen molar-refractivity contribution in [2.45, 2.75) is 0 Å². The average molecular weight is 792 g/mol. The van der Waals surface area contributed by atoms with E-state index in [1.54, 1.807) is 0 Å². The number of pyridine rings is 1. The lowest BCUT2D eigenvalue weighted by molar-refractivity contribution is 0.979. The second-order valence-corrected chi connectivity index (χ2v) is 15.7. The van der Waals surface area contributed by atoms with E-state index >= 15 is 0 Å². The van der Waals surface area contributed by atoms with Crippen molar-refractivity contribution in [3.05, 3.63) is 224 Å². The molecule has 0 amide bonds. The van der Waals surface area contributed by atoms with Gasteiger partial charge in [0, 0.05) is 55.2 Å². The van der Waals surface area contributed by atoms with Crippen molar-refractivity contribution in [3.63, 3.8) is 0 Å². The maximum Gasteiger partial charge on any atom is 0.160 e. The van der Waals surface area contributed by atoms with E-state index in [2.05, 4.69) is 215 Å². The summed E-state index contributed by atoms with van der Waals surface area (Å²) in [6, 6.07) is 79.0. The molecule has 0 aliphatic rings. The first kappa shape index (κ1) is 35.5. The summed E-state index contributed by atoms with van der Waals surface area (Å²) < 4.78 is 4.48. The quantitative estimate of drug-likeness (QED) is 0.162. The molecule has 0 atom stereocenters. The number of fused-ring (bicyclic) bond motifs is 6. The first-order valence-corrected chi connectivity index (χ1v) is 20.9. The number of benzene rings is 8. The Kier molecular flexibility index (Phi) is 8.42. The van der Waals surface area contributed by atoms with Gasteiger partial charge in [0.1, 0.15) is 5.69 Å². The van der Waals surface area contributed by atoms with E-state index in [1.165, 1.54) is 21.7 Å². The van der Waals surface area contributed by atoms with Crippen molar-refractivity contribution >= 4 is 38.1 Å². The summed E-state index contributed by atoms with van der Waals surface area (Å²) in [4.78, 5) is 10.4. The van der Waals surface area contributed by atoms with Gasteiger partial charge in [0.15, 0.2) is 5.82 Å². The third-order valence-electron chi connectivity index (χ3n) is 11.9. The second kappa shape index (κ2) is 14.7. The second-order valence-electron chi connectivity index (χ2n) is 15.7. The summed E-state index contributed by atoms with van der Waals surface area (Å²) in [5.74, 6) is 0.683. The Morgan fingerprint density at radius 1 is 0.355 bits per heavy atom. The molecule has 4 heterocycles. The van der Waals surface area contributed by atoms with Crippen molar-refractivity contribution < 1.29 is 0 Å². The zero-order valence-corrected chi connectivity index (χ0v) is 33.6. The zero-order chi connectivity index (χ0) is 41.0. The Morgan fingerprint density at radius 3 is 1.63 bits per heavy atom. The van der Waals surface area contributed by atoms with E-state index in [0.717, 1.165) is 83.8 Å². The van der Waals surface area contributed by atoms with Crippen molar-refractivity contribution in [2.24, 2.45) is 0 Å². The summed E-state index contributed by atoms with van der Waals surface area (Å²) in [6.07, 6.45) is 0. The van der Waals surface area contributed by atoms with Crippen molar-refractivity contribution in [1.82, 2.24) is 24.1 Å². The summed E-state index contributed by atoms with van der Waals surface area (Å²) in [7, 11) is 0. The van der Waals surface area contributed by atoms with Crippen LogP contribution < -0.4 is 0 Å². The lowest BCUT2D eigenvalue weighted by Crippen LogP contribution is -1.96. The van der Waals surface area contributed by atoms with Gasteiger partial charge >= 0.3 is 0 Å². The van der Waals surface area contributed by atoms with Crippen LogP contribution in [-0.4, -0.2) is 24.1 Å². The summed E-state index contributed by atoms with van der Waals surface area (Å²) in [5.41, 5.74) is 15.6. The van der Waals surface area contributed by atoms with Crippen LogP contribution in [0.1, 0.15) is 0 Å². The minimum atomic E-state index is 0.683. The normalized spacial score (nSPS) is 11.5. The monoisotopic (exact) mass is 791 g/mol. The SMILES string of the molecule is c1ccc(-c2nc(-c3ccc(-c4c(-c5ccccc5)nn5c(-c6ccccc6)cc6ccccc6c45)cc3)cc(-c3ccc4c(c3)c3ccccc3n4-c3ccccc3)n2)cc1. The van der Waals surface area contributed by atoms with Crippen LogP contribution in [0.3, 0.4) is 0 Å². The highest BCUT2D eigenvalue weighted by molar-refractivity contribution is 6.11. The van der Waals surface area contributed by atoms with E-state index < -0.39 is 0 Å². The number of nitrogens with zero attached hydrogens (tertiary/aromatic N) is 5. The molecular weight excluding hydrogens is 755 g/mol. The minimum absolute atomic E-state index is 0.683. The fraction of sp³-hybridized carbons (Fsp3) is 0. The Hall–Kier alpha value is -8.41. The van der Waals surface area contributed by atoms with Gasteiger partial charge in [-0.15, -0.1) is 0 Å². The minimum Gasteiger partial charge on any atom is -0.309 e. The standard InChI is InChI=1S/C57H37N5/c1-5-17-39(18-6-1)53-36-43-23-13-14-26-46(43)56-54(55(60-62(53)56)41-19-7-2-8-20-41)40-31-29-38(30-32-40)49-37-50(59-57(58-49)42-21-9-3-10-22-42)44-33-34-52-48(35-44)47-27-15-16-28-51(47)61(52)45-24-11-4-12-25-45/h1-37H. The van der Waals surface area contributed by atoms with E-state index in [9.17, 15) is 0 Å². The van der Waals surface area contributed by atoms with E-state index in [0.29, 0.717) is 5.82 Å². The molecule has 8 aromatic carbocycles. The third-order valence-corrected chi connectivity index (χ3v) is 11.9. The first-order valence-electron chi connectivity index (χ1n) is 20.9. The van der Waals surface area contributed by atoms with Gasteiger partial charge in [0.05, 0.1) is 33.6 Å². The Balaban J connectivity index is 1.03. The topological polar surface area (TPSA) is 48.0 Å². The molecule has 0 saturated heterocycles. The molecule has 0 spiro atoms. The molecule has 12 rings (SSSR count). The molecule has 0 fully saturated rings. The van der Waals surface area contributed by atoms with Gasteiger partial charge in [-0.25, -0.2) is 14.5 Å². The van der Waals surface area contributed by atoms with Crippen molar-refractivity contribution in [1.29, 1.82) is 0 Å².